The van der Waals surface area contributed by atoms with E-state index in [2.05, 4.69) is 0 Å². The van der Waals surface area contributed by atoms with Gasteiger partial charge in [0, 0.05) is 18.7 Å². The van der Waals surface area contributed by atoms with Gasteiger partial charge >= 0.3 is 16.2 Å². The summed E-state index contributed by atoms with van der Waals surface area (Å²) in [6.07, 6.45) is 1.01. The molecule has 0 saturated carbocycles. The Bertz CT molecular complexity index is 1170. The van der Waals surface area contributed by atoms with Crippen LogP contribution in [0.3, 0.4) is 0 Å². The zero-order valence-electron chi connectivity index (χ0n) is 19.9. The summed E-state index contributed by atoms with van der Waals surface area (Å²) in [5, 5.41) is 0.00510. The first kappa shape index (κ1) is 26.4. The fourth-order valence-electron chi connectivity index (χ4n) is 3.89. The van der Waals surface area contributed by atoms with Gasteiger partial charge in [0.25, 0.3) is 0 Å². The highest BCUT2D eigenvalue weighted by Gasteiger charge is 2.31. The summed E-state index contributed by atoms with van der Waals surface area (Å²) in [7, 11) is -2.80. The van der Waals surface area contributed by atoms with E-state index in [1.54, 1.807) is 11.0 Å². The molecule has 2 aromatic rings. The molecule has 0 bridgehead atoms. The quantitative estimate of drug-likeness (QED) is 0.429. The Morgan fingerprint density at radius 3 is 2.35 bits per heavy atom. The van der Waals surface area contributed by atoms with Crippen LogP contribution in [-0.4, -0.2) is 45.2 Å². The zero-order chi connectivity index (χ0) is 25.3. The fraction of sp³-hybridized carbons (Fsp3) is 0.458. The second-order valence-corrected chi connectivity index (χ2v) is 11.5. The molecule has 1 aliphatic heterocycles. The number of nitrogens with zero attached hydrogens (tertiary/aromatic N) is 1. The zero-order valence-corrected chi connectivity index (χ0v) is 22.2. The van der Waals surface area contributed by atoms with Crippen molar-refractivity contribution in [3.05, 3.63) is 51.5 Å². The van der Waals surface area contributed by atoms with E-state index in [0.717, 1.165) is 11.1 Å². The van der Waals surface area contributed by atoms with Crippen molar-refractivity contribution < 1.29 is 26.9 Å². The van der Waals surface area contributed by atoms with Crippen molar-refractivity contribution >= 4 is 39.4 Å². The Balaban J connectivity index is 1.86. The molecule has 1 amide bonds. The summed E-state index contributed by atoms with van der Waals surface area (Å²) in [6, 6.07) is 7.88. The lowest BCUT2D eigenvalue weighted by atomic mass is 9.88. The third kappa shape index (κ3) is 6.09. The highest BCUT2D eigenvalue weighted by atomic mass is 35.5. The first-order chi connectivity index (χ1) is 15.8. The highest BCUT2D eigenvalue weighted by Crippen LogP contribution is 2.42. The number of piperidine rings is 1. The van der Waals surface area contributed by atoms with Gasteiger partial charge in [-0.15, -0.1) is 0 Å². The first-order valence-corrected chi connectivity index (χ1v) is 13.0. The summed E-state index contributed by atoms with van der Waals surface area (Å²) >= 11 is 12.1. The molecule has 0 atom stereocenters. The van der Waals surface area contributed by atoms with E-state index in [4.69, 9.17) is 36.9 Å². The third-order valence-corrected chi connectivity index (χ3v) is 7.61. The molecule has 10 heteroatoms. The Morgan fingerprint density at radius 1 is 1.12 bits per heavy atom. The summed E-state index contributed by atoms with van der Waals surface area (Å²) in [4.78, 5) is 13.9. The maximum absolute atomic E-state index is 13.0. The molecular weight excluding hydrogens is 501 g/mol. The number of halogens is 2. The van der Waals surface area contributed by atoms with E-state index in [9.17, 15) is 13.2 Å². The van der Waals surface area contributed by atoms with Gasteiger partial charge in [-0.25, -0.2) is 4.79 Å². The Morgan fingerprint density at radius 2 is 1.76 bits per heavy atom. The van der Waals surface area contributed by atoms with E-state index >= 15 is 0 Å². The lowest BCUT2D eigenvalue weighted by Gasteiger charge is -2.34. The molecular formula is C24H29Cl2NO6S. The SMILES string of the molecule is COc1c(OS(=O)(=O)c2cccc(Cl)c2Cl)cc(C)cc1C1CCN(C(=O)OC(C)(C)C)CC1. The second-order valence-electron chi connectivity index (χ2n) is 9.22. The molecule has 1 aliphatic rings. The molecule has 0 radical (unpaired) electrons. The number of methoxy groups -OCH3 is 1. The van der Waals surface area contributed by atoms with Gasteiger partial charge in [-0.3, -0.25) is 0 Å². The second kappa shape index (κ2) is 10.2. The predicted molar refractivity (Wildman–Crippen MR) is 132 cm³/mol. The lowest BCUT2D eigenvalue weighted by molar-refractivity contribution is 0.0204. The predicted octanol–water partition coefficient (Wildman–Crippen LogP) is 6.19. The standard InChI is InChI=1S/C24H29Cl2NO6S/c1-15-13-17(16-9-11-27(12-10-16)23(28)32-24(2,3)4)22(31-5)19(14-15)33-34(29,30)20-8-6-7-18(25)21(20)26/h6-8,13-14,16H,9-12H2,1-5H3. The van der Waals surface area contributed by atoms with Crippen molar-refractivity contribution in [1.29, 1.82) is 0 Å². The number of hydrogen-bond acceptors (Lipinski definition) is 6. The molecule has 0 N–H and O–H groups in total. The van der Waals surface area contributed by atoms with Crippen LogP contribution in [0, 0.1) is 6.92 Å². The van der Waals surface area contributed by atoms with Crippen molar-refractivity contribution in [3.63, 3.8) is 0 Å². The summed E-state index contributed by atoms with van der Waals surface area (Å²) in [5.74, 6) is 0.458. The van der Waals surface area contributed by atoms with Crippen LogP contribution in [-0.2, 0) is 14.9 Å². The number of hydrogen-bond donors (Lipinski definition) is 0. The molecule has 34 heavy (non-hydrogen) atoms. The molecule has 186 valence electrons. The van der Waals surface area contributed by atoms with Gasteiger partial charge in [0.15, 0.2) is 11.5 Å². The van der Waals surface area contributed by atoms with Gasteiger partial charge in [-0.05, 0) is 70.2 Å². The van der Waals surface area contributed by atoms with Crippen molar-refractivity contribution in [2.24, 2.45) is 0 Å². The minimum atomic E-state index is -4.27. The van der Waals surface area contributed by atoms with Crippen LogP contribution < -0.4 is 8.92 Å². The largest absolute Gasteiger partial charge is 0.492 e. The smallest absolute Gasteiger partial charge is 0.410 e. The monoisotopic (exact) mass is 529 g/mol. The van der Waals surface area contributed by atoms with E-state index in [-0.39, 0.29) is 32.7 Å². The molecule has 0 spiro atoms. The maximum atomic E-state index is 13.0. The fourth-order valence-corrected chi connectivity index (χ4v) is 5.56. The van der Waals surface area contributed by atoms with Crippen molar-refractivity contribution in [2.75, 3.05) is 20.2 Å². The van der Waals surface area contributed by atoms with Crippen LogP contribution in [0.2, 0.25) is 10.0 Å². The molecule has 0 aliphatic carbocycles. The van der Waals surface area contributed by atoms with E-state index < -0.39 is 15.7 Å². The van der Waals surface area contributed by atoms with Crippen LogP contribution in [0.1, 0.15) is 50.7 Å². The normalized spacial score (nSPS) is 15.2. The molecule has 0 aromatic heterocycles. The average molecular weight is 530 g/mol. The van der Waals surface area contributed by atoms with E-state index in [1.165, 1.54) is 25.3 Å². The van der Waals surface area contributed by atoms with Gasteiger partial charge in [0.2, 0.25) is 0 Å². The number of benzene rings is 2. The van der Waals surface area contributed by atoms with Gasteiger partial charge in [0.1, 0.15) is 10.5 Å². The van der Waals surface area contributed by atoms with Crippen molar-refractivity contribution in [1.82, 2.24) is 4.90 Å². The van der Waals surface area contributed by atoms with Gasteiger partial charge < -0.3 is 18.6 Å². The number of likely N-dealkylation sites (tertiary alicyclic amines) is 1. The van der Waals surface area contributed by atoms with Crippen LogP contribution in [0.15, 0.2) is 35.2 Å². The Kier molecular flexibility index (Phi) is 7.95. The minimum Gasteiger partial charge on any atom is -0.492 e. The Hall–Kier alpha value is -2.16. The Labute approximate surface area is 211 Å². The first-order valence-electron chi connectivity index (χ1n) is 10.9. The number of aryl methyl sites for hydroxylation is 1. The summed E-state index contributed by atoms with van der Waals surface area (Å²) in [6.45, 7) is 8.39. The third-order valence-electron chi connectivity index (χ3n) is 5.40. The van der Waals surface area contributed by atoms with E-state index in [0.29, 0.717) is 31.7 Å². The molecule has 3 rings (SSSR count). The van der Waals surface area contributed by atoms with Crippen molar-refractivity contribution in [2.45, 2.75) is 57.0 Å². The van der Waals surface area contributed by atoms with Crippen LogP contribution in [0.5, 0.6) is 11.5 Å². The van der Waals surface area contributed by atoms with Crippen LogP contribution >= 0.6 is 23.2 Å². The molecule has 2 aromatic carbocycles. The molecule has 1 fully saturated rings. The van der Waals surface area contributed by atoms with E-state index in [1.807, 2.05) is 33.8 Å². The molecule has 0 unspecified atom stereocenters. The molecule has 7 nitrogen and oxygen atoms in total. The van der Waals surface area contributed by atoms with Crippen molar-refractivity contribution in [3.8, 4) is 11.5 Å². The number of carbonyl (C=O) groups excluding carboxylic acids is 1. The number of carbonyl (C=O) groups is 1. The number of ether oxygens (including phenoxy) is 2. The van der Waals surface area contributed by atoms with Gasteiger partial charge in [-0.1, -0.05) is 35.3 Å². The average Bonchev–Trinajstić information content (AvgIpc) is 2.73. The maximum Gasteiger partial charge on any atom is 0.410 e. The molecule has 1 heterocycles. The molecule has 1 saturated heterocycles. The van der Waals surface area contributed by atoms with Gasteiger partial charge in [-0.2, -0.15) is 8.42 Å². The lowest BCUT2D eigenvalue weighted by Crippen LogP contribution is -2.41. The topological polar surface area (TPSA) is 82.1 Å². The highest BCUT2D eigenvalue weighted by molar-refractivity contribution is 7.87. The van der Waals surface area contributed by atoms with Crippen LogP contribution in [0.25, 0.3) is 0 Å². The number of rotatable bonds is 5. The summed E-state index contributed by atoms with van der Waals surface area (Å²) in [5.41, 5.74) is 1.08. The summed E-state index contributed by atoms with van der Waals surface area (Å²) < 4.78 is 42.6. The van der Waals surface area contributed by atoms with Crippen LogP contribution in [0.4, 0.5) is 4.79 Å². The number of amides is 1. The minimum absolute atomic E-state index is 0.0494. The van der Waals surface area contributed by atoms with Gasteiger partial charge in [0.05, 0.1) is 17.2 Å².